The largest absolute Gasteiger partial charge is 0.498 e. The summed E-state index contributed by atoms with van der Waals surface area (Å²) in [4.78, 5) is 2.22. The molecule has 1 aliphatic rings. The second kappa shape index (κ2) is 5.79. The Bertz CT molecular complexity index is 459. The highest BCUT2D eigenvalue weighted by molar-refractivity contribution is 5.42. The molecule has 0 fully saturated rings. The van der Waals surface area contributed by atoms with E-state index in [1.54, 1.807) is 0 Å². The van der Waals surface area contributed by atoms with Crippen LogP contribution in [0.5, 0.6) is 0 Å². The maximum absolute atomic E-state index is 5.91. The molecule has 19 heavy (non-hydrogen) atoms. The first kappa shape index (κ1) is 14.1. The fraction of sp³-hybridized carbons (Fsp3) is 0.529. The van der Waals surface area contributed by atoms with Crippen molar-refractivity contribution < 1.29 is 4.74 Å². The summed E-state index contributed by atoms with van der Waals surface area (Å²) in [6, 6.07) is 8.86. The molecule has 0 heterocycles. The minimum absolute atomic E-state index is 0.440. The van der Waals surface area contributed by atoms with Gasteiger partial charge in [-0.15, -0.1) is 0 Å². The third kappa shape index (κ3) is 2.84. The second-order valence-corrected chi connectivity index (χ2v) is 5.74. The van der Waals surface area contributed by atoms with E-state index in [-0.39, 0.29) is 0 Å². The molecule has 0 spiro atoms. The highest BCUT2D eigenvalue weighted by atomic mass is 16.5. The minimum atomic E-state index is 0.440. The molecule has 2 heteroatoms. The van der Waals surface area contributed by atoms with Crippen molar-refractivity contribution in [3.05, 3.63) is 46.7 Å². The molecule has 0 saturated carbocycles. The standard InChI is InChI=1S/C17H25NO/c1-6-19-17-15(11-18(4)5)13(3)16(17)14-9-7-12(2)8-10-14/h7-10,13,16H,6,11H2,1-5H3/t13-,16+/m0/s1. The molecule has 1 aliphatic carbocycles. The predicted octanol–water partition coefficient (Wildman–Crippen LogP) is 3.58. The Labute approximate surface area is 117 Å². The summed E-state index contributed by atoms with van der Waals surface area (Å²) < 4.78 is 5.91. The molecule has 0 bridgehead atoms. The van der Waals surface area contributed by atoms with Crippen molar-refractivity contribution in [2.75, 3.05) is 27.2 Å². The Balaban J connectivity index is 2.26. The molecule has 0 amide bonds. The summed E-state index contributed by atoms with van der Waals surface area (Å²) in [6.07, 6.45) is 0. The van der Waals surface area contributed by atoms with Gasteiger partial charge >= 0.3 is 0 Å². The Morgan fingerprint density at radius 2 is 1.79 bits per heavy atom. The van der Waals surface area contributed by atoms with E-state index in [9.17, 15) is 0 Å². The highest BCUT2D eigenvalue weighted by Gasteiger charge is 2.39. The van der Waals surface area contributed by atoms with Crippen LogP contribution < -0.4 is 0 Å². The second-order valence-electron chi connectivity index (χ2n) is 5.74. The SMILES string of the molecule is CCOC1=C(CN(C)C)[C@H](C)[C@@H]1c1ccc(C)cc1. The van der Waals surface area contributed by atoms with Crippen molar-refractivity contribution in [1.29, 1.82) is 0 Å². The molecule has 2 atom stereocenters. The zero-order chi connectivity index (χ0) is 14.0. The summed E-state index contributed by atoms with van der Waals surface area (Å²) in [7, 11) is 4.23. The lowest BCUT2D eigenvalue weighted by molar-refractivity contribution is 0.157. The van der Waals surface area contributed by atoms with Gasteiger partial charge in [-0.05, 0) is 45.0 Å². The predicted molar refractivity (Wildman–Crippen MR) is 80.3 cm³/mol. The normalized spacial score (nSPS) is 22.6. The van der Waals surface area contributed by atoms with Gasteiger partial charge in [0.1, 0.15) is 5.76 Å². The van der Waals surface area contributed by atoms with Crippen molar-refractivity contribution in [3.8, 4) is 0 Å². The molecule has 104 valence electrons. The van der Waals surface area contributed by atoms with Crippen LogP contribution in [0.25, 0.3) is 0 Å². The minimum Gasteiger partial charge on any atom is -0.498 e. The molecule has 0 radical (unpaired) electrons. The summed E-state index contributed by atoms with van der Waals surface area (Å²) in [6.45, 7) is 8.26. The number of hydrogen-bond acceptors (Lipinski definition) is 2. The molecule has 0 N–H and O–H groups in total. The van der Waals surface area contributed by atoms with Crippen LogP contribution in [0.15, 0.2) is 35.6 Å². The first-order valence-corrected chi connectivity index (χ1v) is 7.11. The zero-order valence-corrected chi connectivity index (χ0v) is 12.7. The van der Waals surface area contributed by atoms with E-state index in [2.05, 4.69) is 64.0 Å². The van der Waals surface area contributed by atoms with Gasteiger partial charge in [0.25, 0.3) is 0 Å². The van der Waals surface area contributed by atoms with Gasteiger partial charge < -0.3 is 9.64 Å². The summed E-state index contributed by atoms with van der Waals surface area (Å²) in [5, 5.41) is 0. The average molecular weight is 259 g/mol. The summed E-state index contributed by atoms with van der Waals surface area (Å²) >= 11 is 0. The number of hydrogen-bond donors (Lipinski definition) is 0. The van der Waals surface area contributed by atoms with E-state index in [1.165, 1.54) is 22.5 Å². The molecule has 2 rings (SSSR count). The number of rotatable bonds is 5. The maximum Gasteiger partial charge on any atom is 0.105 e. The fourth-order valence-electron chi connectivity index (χ4n) is 2.87. The van der Waals surface area contributed by atoms with Crippen LogP contribution in [-0.2, 0) is 4.74 Å². The van der Waals surface area contributed by atoms with Crippen LogP contribution in [0.1, 0.15) is 30.9 Å². The topological polar surface area (TPSA) is 12.5 Å². The van der Waals surface area contributed by atoms with Crippen LogP contribution in [0, 0.1) is 12.8 Å². The van der Waals surface area contributed by atoms with E-state index >= 15 is 0 Å². The fourth-order valence-corrected chi connectivity index (χ4v) is 2.87. The van der Waals surface area contributed by atoms with E-state index in [1.807, 2.05) is 0 Å². The van der Waals surface area contributed by atoms with Crippen molar-refractivity contribution in [3.63, 3.8) is 0 Å². The van der Waals surface area contributed by atoms with Gasteiger partial charge in [0.15, 0.2) is 0 Å². The van der Waals surface area contributed by atoms with Gasteiger partial charge in [-0.1, -0.05) is 36.8 Å². The monoisotopic (exact) mass is 259 g/mol. The smallest absolute Gasteiger partial charge is 0.105 e. The van der Waals surface area contributed by atoms with Crippen molar-refractivity contribution in [2.24, 2.45) is 5.92 Å². The van der Waals surface area contributed by atoms with Gasteiger partial charge in [-0.3, -0.25) is 0 Å². The van der Waals surface area contributed by atoms with Crippen LogP contribution >= 0.6 is 0 Å². The van der Waals surface area contributed by atoms with E-state index in [0.29, 0.717) is 11.8 Å². The third-order valence-corrected chi connectivity index (χ3v) is 3.87. The van der Waals surface area contributed by atoms with Gasteiger partial charge in [0, 0.05) is 12.5 Å². The number of ether oxygens (including phenoxy) is 1. The van der Waals surface area contributed by atoms with Crippen molar-refractivity contribution in [1.82, 2.24) is 4.90 Å². The quantitative estimate of drug-likeness (QED) is 0.801. The van der Waals surface area contributed by atoms with Gasteiger partial charge in [-0.25, -0.2) is 0 Å². The number of benzene rings is 1. The van der Waals surface area contributed by atoms with Crippen LogP contribution in [-0.4, -0.2) is 32.1 Å². The molecule has 2 nitrogen and oxygen atoms in total. The average Bonchev–Trinajstić information content (AvgIpc) is 2.38. The third-order valence-electron chi connectivity index (χ3n) is 3.87. The van der Waals surface area contributed by atoms with Gasteiger partial charge in [-0.2, -0.15) is 0 Å². The molecule has 0 aliphatic heterocycles. The molecule has 1 aromatic rings. The lowest BCUT2D eigenvalue weighted by atomic mass is 9.70. The lowest BCUT2D eigenvalue weighted by Crippen LogP contribution is -2.34. The molecular formula is C17H25NO. The van der Waals surface area contributed by atoms with Crippen LogP contribution in [0.2, 0.25) is 0 Å². The van der Waals surface area contributed by atoms with Gasteiger partial charge in [0.2, 0.25) is 0 Å². The molecule has 0 unspecified atom stereocenters. The Morgan fingerprint density at radius 3 is 2.32 bits per heavy atom. The molecule has 0 saturated heterocycles. The Kier molecular flexibility index (Phi) is 4.31. The van der Waals surface area contributed by atoms with Gasteiger partial charge in [0.05, 0.1) is 6.61 Å². The van der Waals surface area contributed by atoms with E-state index in [4.69, 9.17) is 4.74 Å². The number of nitrogens with zero attached hydrogens (tertiary/aromatic N) is 1. The first-order valence-electron chi connectivity index (χ1n) is 7.11. The maximum atomic E-state index is 5.91. The molecule has 0 aromatic heterocycles. The lowest BCUT2D eigenvalue weighted by Gasteiger charge is -2.41. The zero-order valence-electron chi connectivity index (χ0n) is 12.7. The van der Waals surface area contributed by atoms with Crippen LogP contribution in [0.4, 0.5) is 0 Å². The molecular weight excluding hydrogens is 234 g/mol. The Hall–Kier alpha value is -1.28. The highest BCUT2D eigenvalue weighted by Crippen LogP contribution is 2.48. The summed E-state index contributed by atoms with van der Waals surface area (Å²) in [5.41, 5.74) is 4.15. The number of aryl methyl sites for hydroxylation is 1. The Morgan fingerprint density at radius 1 is 1.16 bits per heavy atom. The van der Waals surface area contributed by atoms with Crippen molar-refractivity contribution >= 4 is 0 Å². The number of allylic oxidation sites excluding steroid dienone is 1. The van der Waals surface area contributed by atoms with Crippen molar-refractivity contribution in [2.45, 2.75) is 26.7 Å². The first-order chi connectivity index (χ1) is 9.04. The van der Waals surface area contributed by atoms with E-state index in [0.717, 1.165) is 13.2 Å². The molecule has 1 aromatic carbocycles. The van der Waals surface area contributed by atoms with Crippen LogP contribution in [0.3, 0.4) is 0 Å². The number of likely N-dealkylation sites (N-methyl/N-ethyl adjacent to an activating group) is 1. The summed E-state index contributed by atoms with van der Waals surface area (Å²) in [5.74, 6) is 2.22. The van der Waals surface area contributed by atoms with E-state index < -0.39 is 0 Å².